The molecule has 0 bridgehead atoms. The number of hydrogen-bond acceptors (Lipinski definition) is 5. The van der Waals surface area contributed by atoms with Gasteiger partial charge in [-0.25, -0.2) is 9.07 Å². The van der Waals surface area contributed by atoms with Gasteiger partial charge in [0.1, 0.15) is 5.82 Å². The van der Waals surface area contributed by atoms with Crippen molar-refractivity contribution in [1.82, 2.24) is 20.2 Å². The standard InChI is InChI=1S/C18H24FN5OS/c1-12(17(25)21-11-13-7-3-2-4-8-13)26-18-23-22-16(24(18)20)14-9-5-6-10-15(14)19/h5-6,9-10,12-13H,2-4,7-8,11,20H2,1H3,(H,21,25)/t12-/m1/s1. The number of hydrogen-bond donors (Lipinski definition) is 2. The summed E-state index contributed by atoms with van der Waals surface area (Å²) in [4.78, 5) is 12.3. The highest BCUT2D eigenvalue weighted by Crippen LogP contribution is 2.26. The molecule has 26 heavy (non-hydrogen) atoms. The predicted octanol–water partition coefficient (Wildman–Crippen LogP) is 2.98. The van der Waals surface area contributed by atoms with Crippen LogP contribution < -0.4 is 11.2 Å². The molecule has 1 atom stereocenters. The van der Waals surface area contributed by atoms with Crippen LogP contribution >= 0.6 is 11.8 Å². The van der Waals surface area contributed by atoms with Crippen LogP contribution in [0.4, 0.5) is 4.39 Å². The molecule has 140 valence electrons. The number of aromatic nitrogens is 3. The molecule has 6 nitrogen and oxygen atoms in total. The Labute approximate surface area is 156 Å². The molecule has 3 rings (SSSR count). The number of nitrogens with one attached hydrogen (secondary N) is 1. The molecule has 1 heterocycles. The zero-order chi connectivity index (χ0) is 18.5. The van der Waals surface area contributed by atoms with Crippen LogP contribution in [0.15, 0.2) is 29.4 Å². The fraction of sp³-hybridized carbons (Fsp3) is 0.500. The Morgan fingerprint density at radius 3 is 2.81 bits per heavy atom. The van der Waals surface area contributed by atoms with Gasteiger partial charge < -0.3 is 11.2 Å². The third kappa shape index (κ3) is 4.35. The number of benzene rings is 1. The van der Waals surface area contributed by atoms with Crippen molar-refractivity contribution in [3.63, 3.8) is 0 Å². The number of halogens is 1. The number of rotatable bonds is 6. The Balaban J connectivity index is 1.60. The first-order chi connectivity index (χ1) is 12.6. The lowest BCUT2D eigenvalue weighted by Crippen LogP contribution is -2.35. The van der Waals surface area contributed by atoms with Gasteiger partial charge in [0.25, 0.3) is 0 Å². The quantitative estimate of drug-likeness (QED) is 0.597. The number of carbonyl (C=O) groups is 1. The lowest BCUT2D eigenvalue weighted by molar-refractivity contribution is -0.120. The lowest BCUT2D eigenvalue weighted by atomic mass is 9.89. The third-order valence-electron chi connectivity index (χ3n) is 4.72. The topological polar surface area (TPSA) is 85.8 Å². The van der Waals surface area contributed by atoms with E-state index in [1.165, 1.54) is 54.6 Å². The van der Waals surface area contributed by atoms with Crippen molar-refractivity contribution in [2.24, 2.45) is 5.92 Å². The van der Waals surface area contributed by atoms with E-state index in [0.717, 1.165) is 6.54 Å². The largest absolute Gasteiger partial charge is 0.355 e. The average Bonchev–Trinajstić information content (AvgIpc) is 3.01. The van der Waals surface area contributed by atoms with Gasteiger partial charge >= 0.3 is 0 Å². The molecule has 3 N–H and O–H groups in total. The van der Waals surface area contributed by atoms with Crippen LogP contribution in [0, 0.1) is 11.7 Å². The Morgan fingerprint density at radius 1 is 1.35 bits per heavy atom. The van der Waals surface area contributed by atoms with Gasteiger partial charge in [-0.2, -0.15) is 0 Å². The average molecular weight is 377 g/mol. The molecule has 8 heteroatoms. The van der Waals surface area contributed by atoms with E-state index in [4.69, 9.17) is 5.84 Å². The lowest BCUT2D eigenvalue weighted by Gasteiger charge is -2.22. The Bertz CT molecular complexity index is 760. The number of nitrogens with two attached hydrogens (primary N) is 1. The minimum absolute atomic E-state index is 0.0454. The summed E-state index contributed by atoms with van der Waals surface area (Å²) in [7, 11) is 0. The van der Waals surface area contributed by atoms with Crippen molar-refractivity contribution in [2.75, 3.05) is 12.4 Å². The zero-order valence-electron chi connectivity index (χ0n) is 14.8. The van der Waals surface area contributed by atoms with Gasteiger partial charge in [-0.15, -0.1) is 10.2 Å². The summed E-state index contributed by atoms with van der Waals surface area (Å²) in [6, 6.07) is 6.25. The molecule has 1 fully saturated rings. The van der Waals surface area contributed by atoms with Crippen LogP contribution in [0.1, 0.15) is 39.0 Å². The van der Waals surface area contributed by atoms with E-state index in [1.807, 2.05) is 0 Å². The van der Waals surface area contributed by atoms with E-state index in [1.54, 1.807) is 25.1 Å². The normalized spacial score (nSPS) is 16.4. The summed E-state index contributed by atoms with van der Waals surface area (Å²) in [5.74, 6) is 6.37. The first-order valence-electron chi connectivity index (χ1n) is 8.96. The molecule has 1 aromatic carbocycles. The number of carbonyl (C=O) groups excluding carboxylic acids is 1. The maximum atomic E-state index is 13.9. The second kappa shape index (κ2) is 8.53. The second-order valence-electron chi connectivity index (χ2n) is 6.67. The highest BCUT2D eigenvalue weighted by atomic mass is 32.2. The van der Waals surface area contributed by atoms with Crippen LogP contribution in [-0.4, -0.2) is 32.6 Å². The maximum absolute atomic E-state index is 13.9. The molecule has 0 spiro atoms. The van der Waals surface area contributed by atoms with Gasteiger partial charge in [0.2, 0.25) is 11.1 Å². The first-order valence-corrected chi connectivity index (χ1v) is 9.84. The second-order valence-corrected chi connectivity index (χ2v) is 7.97. The summed E-state index contributed by atoms with van der Waals surface area (Å²) in [5.41, 5.74) is 0.281. The van der Waals surface area contributed by atoms with Crippen LogP contribution in [0.25, 0.3) is 11.4 Å². The Hall–Kier alpha value is -2.09. The molecule has 0 aliphatic heterocycles. The summed E-state index contributed by atoms with van der Waals surface area (Å²) in [6.45, 7) is 2.53. The molecule has 0 radical (unpaired) electrons. The predicted molar refractivity (Wildman–Crippen MR) is 100 cm³/mol. The molecular weight excluding hydrogens is 353 g/mol. The van der Waals surface area contributed by atoms with Crippen molar-refractivity contribution >= 4 is 17.7 Å². The minimum atomic E-state index is -0.415. The van der Waals surface area contributed by atoms with Crippen LogP contribution in [0.2, 0.25) is 0 Å². The van der Waals surface area contributed by atoms with Gasteiger partial charge in [0.05, 0.1) is 10.8 Å². The minimum Gasteiger partial charge on any atom is -0.355 e. The monoisotopic (exact) mass is 377 g/mol. The molecule has 1 saturated carbocycles. The molecule has 1 aromatic heterocycles. The van der Waals surface area contributed by atoms with Crippen molar-refractivity contribution in [2.45, 2.75) is 49.4 Å². The van der Waals surface area contributed by atoms with E-state index in [-0.39, 0.29) is 22.5 Å². The van der Waals surface area contributed by atoms with Gasteiger partial charge in [-0.3, -0.25) is 4.79 Å². The van der Waals surface area contributed by atoms with E-state index < -0.39 is 5.82 Å². The van der Waals surface area contributed by atoms with E-state index >= 15 is 0 Å². The fourth-order valence-electron chi connectivity index (χ4n) is 3.18. The summed E-state index contributed by atoms with van der Waals surface area (Å²) >= 11 is 1.22. The van der Waals surface area contributed by atoms with Gasteiger partial charge in [-0.1, -0.05) is 43.2 Å². The van der Waals surface area contributed by atoms with Crippen molar-refractivity contribution < 1.29 is 9.18 Å². The highest BCUT2D eigenvalue weighted by Gasteiger charge is 2.22. The summed E-state index contributed by atoms with van der Waals surface area (Å²) in [6.07, 6.45) is 6.17. The number of amides is 1. The van der Waals surface area contributed by atoms with Gasteiger partial charge in [0.15, 0.2) is 5.82 Å². The van der Waals surface area contributed by atoms with Crippen LogP contribution in [-0.2, 0) is 4.79 Å². The third-order valence-corrected chi connectivity index (χ3v) is 5.78. The molecule has 1 aliphatic rings. The van der Waals surface area contributed by atoms with Crippen LogP contribution in [0.5, 0.6) is 0 Å². The van der Waals surface area contributed by atoms with E-state index in [9.17, 15) is 9.18 Å². The maximum Gasteiger partial charge on any atom is 0.233 e. The first kappa shape index (κ1) is 18.7. The summed E-state index contributed by atoms with van der Waals surface area (Å²) < 4.78 is 15.2. The number of nitrogens with zero attached hydrogens (tertiary/aromatic N) is 3. The van der Waals surface area contributed by atoms with E-state index in [0.29, 0.717) is 11.1 Å². The number of thioether (sulfide) groups is 1. The van der Waals surface area contributed by atoms with Gasteiger partial charge in [0, 0.05) is 6.54 Å². The molecule has 1 amide bonds. The fourth-order valence-corrected chi connectivity index (χ4v) is 3.97. The zero-order valence-corrected chi connectivity index (χ0v) is 15.6. The smallest absolute Gasteiger partial charge is 0.233 e. The summed E-state index contributed by atoms with van der Waals surface area (Å²) in [5, 5.41) is 11.0. The van der Waals surface area contributed by atoms with Crippen molar-refractivity contribution in [3.8, 4) is 11.4 Å². The Morgan fingerprint density at radius 2 is 2.08 bits per heavy atom. The molecule has 2 aromatic rings. The van der Waals surface area contributed by atoms with Crippen molar-refractivity contribution in [1.29, 1.82) is 0 Å². The molecule has 0 saturated heterocycles. The molecule has 0 unspecified atom stereocenters. The molecule has 1 aliphatic carbocycles. The van der Waals surface area contributed by atoms with Crippen molar-refractivity contribution in [3.05, 3.63) is 30.1 Å². The SMILES string of the molecule is C[C@@H](Sc1nnc(-c2ccccc2F)n1N)C(=O)NCC1CCCCC1. The van der Waals surface area contributed by atoms with E-state index in [2.05, 4.69) is 15.5 Å². The number of nitrogen functional groups attached to an aromatic ring is 1. The van der Waals surface area contributed by atoms with Crippen LogP contribution in [0.3, 0.4) is 0 Å². The Kier molecular flexibility index (Phi) is 6.13. The highest BCUT2D eigenvalue weighted by molar-refractivity contribution is 8.00. The van der Waals surface area contributed by atoms with Gasteiger partial charge in [-0.05, 0) is 37.8 Å². The molecular formula is C18H24FN5OS.